The summed E-state index contributed by atoms with van der Waals surface area (Å²) in [6.07, 6.45) is -2.78. The minimum absolute atomic E-state index is 0.0837. The van der Waals surface area contributed by atoms with Crippen molar-refractivity contribution in [2.24, 2.45) is 0 Å². The highest BCUT2D eigenvalue weighted by atomic mass is 32.2. The number of hydrogen-bond acceptors (Lipinski definition) is 6. The maximum absolute atomic E-state index is 13.3. The summed E-state index contributed by atoms with van der Waals surface area (Å²) in [5, 5.41) is 8.73. The number of aromatic nitrogens is 3. The van der Waals surface area contributed by atoms with E-state index in [1.54, 1.807) is 6.92 Å². The molecule has 168 valence electrons. The molecule has 1 amide bonds. The number of carbonyl (C=O) groups is 1. The van der Waals surface area contributed by atoms with Gasteiger partial charge in [0.2, 0.25) is 5.91 Å². The third-order valence-corrected chi connectivity index (χ3v) is 6.24. The van der Waals surface area contributed by atoms with E-state index in [0.29, 0.717) is 37.1 Å². The number of rotatable bonds is 6. The number of halogens is 3. The summed E-state index contributed by atoms with van der Waals surface area (Å²) >= 11 is 1.09. The molecule has 31 heavy (non-hydrogen) atoms. The molecule has 2 N–H and O–H groups in total. The zero-order valence-corrected chi connectivity index (χ0v) is 17.6. The fraction of sp³-hybridized carbons (Fsp3) is 0.526. The first kappa shape index (κ1) is 21.8. The van der Waals surface area contributed by atoms with Crippen LogP contribution < -0.4 is 15.9 Å². The van der Waals surface area contributed by atoms with Gasteiger partial charge in [0.25, 0.3) is 0 Å². The summed E-state index contributed by atoms with van der Waals surface area (Å²) in [5.41, 5.74) is -0.563. The molecule has 0 radical (unpaired) electrons. The van der Waals surface area contributed by atoms with Gasteiger partial charge in [-0.15, -0.1) is 5.10 Å². The van der Waals surface area contributed by atoms with E-state index in [1.165, 1.54) is 10.6 Å². The zero-order valence-electron chi connectivity index (χ0n) is 16.7. The van der Waals surface area contributed by atoms with Crippen LogP contribution in [0.1, 0.15) is 31.4 Å². The van der Waals surface area contributed by atoms with Gasteiger partial charge in [-0.25, -0.2) is 9.89 Å². The molecule has 2 heterocycles. The third-order valence-electron chi connectivity index (χ3n) is 5.17. The number of carbonyl (C=O) groups excluding carboxylic acids is 1. The lowest BCUT2D eigenvalue weighted by Gasteiger charge is -2.31. The summed E-state index contributed by atoms with van der Waals surface area (Å²) in [4.78, 5) is 26.6. The standard InChI is InChI=1S/C19H22F3N5O3S/c1-11(31-18-25-24-17(29)27(18)13-3-4-13)16(28)23-14-10-12(19(20,21)22)2-5-15(14)26-6-8-30-9-7-26/h2,5,10-11,13H,3-4,6-9H2,1H3,(H,23,28)(H,24,29)/t11-/m1/s1. The molecule has 0 unspecified atom stereocenters. The van der Waals surface area contributed by atoms with Crippen LogP contribution in [0.2, 0.25) is 0 Å². The first-order valence-electron chi connectivity index (χ1n) is 9.92. The van der Waals surface area contributed by atoms with Crippen molar-refractivity contribution in [2.45, 2.75) is 42.4 Å². The lowest BCUT2D eigenvalue weighted by molar-refractivity contribution is -0.137. The van der Waals surface area contributed by atoms with Gasteiger partial charge in [0.1, 0.15) is 0 Å². The van der Waals surface area contributed by atoms with E-state index in [1.807, 2.05) is 4.90 Å². The molecular weight excluding hydrogens is 435 g/mol. The molecule has 12 heteroatoms. The fourth-order valence-electron chi connectivity index (χ4n) is 3.37. The molecule has 1 aliphatic heterocycles. The number of aromatic amines is 1. The predicted molar refractivity (Wildman–Crippen MR) is 110 cm³/mol. The number of anilines is 2. The number of ether oxygens (including phenoxy) is 1. The van der Waals surface area contributed by atoms with E-state index in [0.717, 1.165) is 36.7 Å². The Bertz CT molecular complexity index is 1010. The molecule has 0 bridgehead atoms. The molecule has 1 aromatic carbocycles. The van der Waals surface area contributed by atoms with E-state index in [4.69, 9.17) is 4.74 Å². The largest absolute Gasteiger partial charge is 0.416 e. The topological polar surface area (TPSA) is 92.2 Å². The second-order valence-corrected chi connectivity index (χ2v) is 8.80. The Balaban J connectivity index is 1.55. The molecule has 2 aliphatic rings. The van der Waals surface area contributed by atoms with Crippen molar-refractivity contribution in [3.8, 4) is 0 Å². The maximum Gasteiger partial charge on any atom is 0.416 e. The normalized spacial score (nSPS) is 18.1. The smallest absolute Gasteiger partial charge is 0.378 e. The van der Waals surface area contributed by atoms with E-state index in [-0.39, 0.29) is 17.4 Å². The average molecular weight is 457 g/mol. The van der Waals surface area contributed by atoms with Gasteiger partial charge >= 0.3 is 11.9 Å². The first-order valence-corrected chi connectivity index (χ1v) is 10.8. The summed E-state index contributed by atoms with van der Waals surface area (Å²) in [7, 11) is 0. The van der Waals surface area contributed by atoms with Gasteiger partial charge in [-0.1, -0.05) is 11.8 Å². The van der Waals surface area contributed by atoms with Gasteiger partial charge in [0.05, 0.1) is 35.4 Å². The highest BCUT2D eigenvalue weighted by Gasteiger charge is 2.33. The summed E-state index contributed by atoms with van der Waals surface area (Å²) in [6, 6.07) is 3.42. The van der Waals surface area contributed by atoms with Crippen LogP contribution >= 0.6 is 11.8 Å². The van der Waals surface area contributed by atoms with Gasteiger partial charge in [0, 0.05) is 19.1 Å². The van der Waals surface area contributed by atoms with Gasteiger partial charge in [0.15, 0.2) is 5.16 Å². The molecule has 1 saturated heterocycles. The average Bonchev–Trinajstić information content (AvgIpc) is 3.51. The number of H-pyrrole nitrogens is 1. The second-order valence-electron chi connectivity index (χ2n) is 7.49. The Morgan fingerprint density at radius 2 is 2.03 bits per heavy atom. The number of nitrogens with one attached hydrogen (secondary N) is 2. The van der Waals surface area contributed by atoms with Crippen molar-refractivity contribution < 1.29 is 22.7 Å². The molecule has 1 aliphatic carbocycles. The van der Waals surface area contributed by atoms with Gasteiger partial charge < -0.3 is 15.0 Å². The Morgan fingerprint density at radius 1 is 1.32 bits per heavy atom. The number of morpholine rings is 1. The quantitative estimate of drug-likeness (QED) is 0.649. The van der Waals surface area contributed by atoms with Crippen LogP contribution in [0.15, 0.2) is 28.2 Å². The van der Waals surface area contributed by atoms with Gasteiger partial charge in [-0.3, -0.25) is 9.36 Å². The molecule has 1 atom stereocenters. The molecular formula is C19H22F3N5O3S. The van der Waals surface area contributed by atoms with E-state index < -0.39 is 22.9 Å². The minimum atomic E-state index is -4.53. The van der Waals surface area contributed by atoms with Crippen LogP contribution in [-0.4, -0.2) is 52.2 Å². The molecule has 1 aromatic heterocycles. The number of thioether (sulfide) groups is 1. The Labute approximate surface area is 180 Å². The highest BCUT2D eigenvalue weighted by molar-refractivity contribution is 8.00. The molecule has 0 spiro atoms. The van der Waals surface area contributed by atoms with Crippen molar-refractivity contribution in [1.82, 2.24) is 14.8 Å². The minimum Gasteiger partial charge on any atom is -0.378 e. The van der Waals surface area contributed by atoms with Crippen LogP contribution in [0.4, 0.5) is 24.5 Å². The number of benzene rings is 1. The van der Waals surface area contributed by atoms with Crippen LogP contribution in [0, 0.1) is 0 Å². The Kier molecular flexibility index (Phi) is 6.02. The predicted octanol–water partition coefficient (Wildman–Crippen LogP) is 2.88. The SMILES string of the molecule is C[C@@H](Sc1n[nH]c(=O)n1C1CC1)C(=O)Nc1cc(C(F)(F)F)ccc1N1CCOCC1. The third kappa shape index (κ3) is 4.90. The van der Waals surface area contributed by atoms with E-state index in [2.05, 4.69) is 15.5 Å². The lowest BCUT2D eigenvalue weighted by atomic mass is 10.1. The molecule has 2 aromatic rings. The van der Waals surface area contributed by atoms with Crippen LogP contribution in [0.3, 0.4) is 0 Å². The summed E-state index contributed by atoms with van der Waals surface area (Å²) < 4.78 is 46.6. The number of amides is 1. The Hall–Kier alpha value is -2.47. The highest BCUT2D eigenvalue weighted by Crippen LogP contribution is 2.38. The molecule has 1 saturated carbocycles. The Morgan fingerprint density at radius 3 is 2.68 bits per heavy atom. The summed E-state index contributed by atoms with van der Waals surface area (Å²) in [5.74, 6) is -0.475. The van der Waals surface area contributed by atoms with Crippen LogP contribution in [0.25, 0.3) is 0 Å². The van der Waals surface area contributed by atoms with E-state index >= 15 is 0 Å². The van der Waals surface area contributed by atoms with Crippen molar-refractivity contribution in [2.75, 3.05) is 36.5 Å². The summed E-state index contributed by atoms with van der Waals surface area (Å²) in [6.45, 7) is 3.56. The van der Waals surface area contributed by atoms with Crippen molar-refractivity contribution in [3.63, 3.8) is 0 Å². The zero-order chi connectivity index (χ0) is 22.2. The number of alkyl halides is 3. The molecule has 2 fully saturated rings. The van der Waals surface area contributed by atoms with Crippen LogP contribution in [-0.2, 0) is 15.7 Å². The fourth-order valence-corrected chi connectivity index (χ4v) is 4.29. The van der Waals surface area contributed by atoms with Crippen molar-refractivity contribution in [3.05, 3.63) is 34.2 Å². The number of hydrogen-bond donors (Lipinski definition) is 2. The lowest BCUT2D eigenvalue weighted by Crippen LogP contribution is -2.37. The van der Waals surface area contributed by atoms with E-state index in [9.17, 15) is 22.8 Å². The van der Waals surface area contributed by atoms with Crippen molar-refractivity contribution >= 4 is 29.0 Å². The first-order chi connectivity index (χ1) is 14.7. The van der Waals surface area contributed by atoms with Gasteiger partial charge in [-0.05, 0) is 38.0 Å². The van der Waals surface area contributed by atoms with Crippen LogP contribution in [0.5, 0.6) is 0 Å². The second kappa shape index (κ2) is 8.58. The maximum atomic E-state index is 13.3. The molecule has 8 nitrogen and oxygen atoms in total. The van der Waals surface area contributed by atoms with Crippen molar-refractivity contribution in [1.29, 1.82) is 0 Å². The number of nitrogens with zero attached hydrogens (tertiary/aromatic N) is 3. The monoisotopic (exact) mass is 457 g/mol. The van der Waals surface area contributed by atoms with Gasteiger partial charge in [-0.2, -0.15) is 13.2 Å². The molecule has 4 rings (SSSR count).